The van der Waals surface area contributed by atoms with Crippen LogP contribution in [0.1, 0.15) is 6.92 Å². The number of nitrogens with one attached hydrogen (secondary N) is 1. The van der Waals surface area contributed by atoms with Gasteiger partial charge in [0.05, 0.1) is 0 Å². The molecule has 0 aromatic carbocycles. The summed E-state index contributed by atoms with van der Waals surface area (Å²) in [5, 5.41) is 15.3. The molecular formula is C6H10N4O2. The van der Waals surface area contributed by atoms with Crippen molar-refractivity contribution in [3.63, 3.8) is 0 Å². The van der Waals surface area contributed by atoms with E-state index in [-0.39, 0.29) is 0 Å². The lowest BCUT2D eigenvalue weighted by molar-refractivity contribution is -0.485. The van der Waals surface area contributed by atoms with Gasteiger partial charge in [-0.2, -0.15) is 0 Å². The second-order valence-electron chi connectivity index (χ2n) is 2.26. The van der Waals surface area contributed by atoms with Crippen molar-refractivity contribution in [2.24, 2.45) is 5.10 Å². The molecule has 1 saturated heterocycles. The lowest BCUT2D eigenvalue weighted by atomic mass is 10.6. The molecule has 0 spiro atoms. The van der Waals surface area contributed by atoms with Gasteiger partial charge in [-0.1, -0.05) is 6.08 Å². The summed E-state index contributed by atoms with van der Waals surface area (Å²) in [6, 6.07) is 0. The zero-order chi connectivity index (χ0) is 8.97. The van der Waals surface area contributed by atoms with E-state index in [2.05, 4.69) is 10.4 Å². The van der Waals surface area contributed by atoms with Crippen molar-refractivity contribution in [2.75, 3.05) is 13.1 Å². The van der Waals surface area contributed by atoms with Gasteiger partial charge in [-0.15, -0.1) is 0 Å². The Kier molecular flexibility index (Phi) is 2.62. The molecule has 1 aliphatic heterocycles. The van der Waals surface area contributed by atoms with E-state index in [9.17, 15) is 10.1 Å². The number of nitro groups is 1. The predicted octanol–water partition coefficient (Wildman–Crippen LogP) is -0.0271. The average molecular weight is 170 g/mol. The van der Waals surface area contributed by atoms with Gasteiger partial charge in [-0.25, -0.2) is 10.1 Å². The Morgan fingerprint density at radius 2 is 2.58 bits per heavy atom. The first-order chi connectivity index (χ1) is 5.74. The topological polar surface area (TPSA) is 70.8 Å². The summed E-state index contributed by atoms with van der Waals surface area (Å²) in [5.74, 6) is 0.304. The monoisotopic (exact) mass is 170 g/mol. The Morgan fingerprint density at radius 3 is 3.17 bits per heavy atom. The van der Waals surface area contributed by atoms with Crippen LogP contribution in [0.25, 0.3) is 0 Å². The fourth-order valence-electron chi connectivity index (χ4n) is 0.991. The van der Waals surface area contributed by atoms with E-state index in [4.69, 9.17) is 0 Å². The fourth-order valence-corrected chi connectivity index (χ4v) is 0.991. The maximum absolute atomic E-state index is 10.0. The van der Waals surface area contributed by atoms with E-state index in [0.717, 1.165) is 6.54 Å². The molecule has 0 radical (unpaired) electrons. The van der Waals surface area contributed by atoms with E-state index in [1.165, 1.54) is 0 Å². The number of hydrogen-bond donors (Lipinski definition) is 1. The van der Waals surface area contributed by atoms with E-state index in [1.807, 2.05) is 13.0 Å². The molecule has 1 fully saturated rings. The van der Waals surface area contributed by atoms with Gasteiger partial charge in [0, 0.05) is 19.3 Å². The fraction of sp³-hybridized carbons (Fsp3) is 0.500. The highest BCUT2D eigenvalue weighted by atomic mass is 16.7. The second-order valence-corrected chi connectivity index (χ2v) is 2.26. The Hall–Kier alpha value is -1.59. The minimum absolute atomic E-state index is 0.304. The zero-order valence-corrected chi connectivity index (χ0v) is 6.73. The van der Waals surface area contributed by atoms with Gasteiger partial charge in [0.1, 0.15) is 5.10 Å². The lowest BCUT2D eigenvalue weighted by Gasteiger charge is -2.07. The van der Waals surface area contributed by atoms with E-state index >= 15 is 0 Å². The van der Waals surface area contributed by atoms with Crippen molar-refractivity contribution in [2.45, 2.75) is 6.92 Å². The molecule has 0 saturated carbocycles. The third-order valence-corrected chi connectivity index (χ3v) is 1.41. The van der Waals surface area contributed by atoms with Gasteiger partial charge in [-0.05, 0) is 6.92 Å². The number of nitrogens with zero attached hydrogens (tertiary/aromatic N) is 3. The Balaban J connectivity index is 2.69. The second kappa shape index (κ2) is 3.70. The summed E-state index contributed by atoms with van der Waals surface area (Å²) in [6.45, 7) is 3.26. The molecule has 12 heavy (non-hydrogen) atoms. The molecule has 0 amide bonds. The van der Waals surface area contributed by atoms with Crippen molar-refractivity contribution >= 4 is 5.96 Å². The van der Waals surface area contributed by atoms with E-state index in [0.29, 0.717) is 12.5 Å². The summed E-state index contributed by atoms with van der Waals surface area (Å²) in [6.07, 6.45) is 3.56. The average Bonchev–Trinajstić information content (AvgIpc) is 2.37. The maximum Gasteiger partial charge on any atom is 0.275 e. The lowest BCUT2D eigenvalue weighted by Crippen LogP contribution is -2.26. The molecule has 1 rings (SSSR count). The van der Waals surface area contributed by atoms with Crippen LogP contribution in [-0.2, 0) is 0 Å². The van der Waals surface area contributed by atoms with Crippen LogP contribution < -0.4 is 5.32 Å². The van der Waals surface area contributed by atoms with Crippen LogP contribution in [0.4, 0.5) is 0 Å². The van der Waals surface area contributed by atoms with Crippen LogP contribution >= 0.6 is 0 Å². The molecule has 0 aliphatic carbocycles. The molecule has 0 atom stereocenters. The quantitative estimate of drug-likeness (QED) is 0.466. The number of hydrazone groups is 1. The summed E-state index contributed by atoms with van der Waals surface area (Å²) in [4.78, 5) is 11.7. The van der Waals surface area contributed by atoms with E-state index < -0.39 is 5.03 Å². The molecule has 6 nitrogen and oxygen atoms in total. The minimum Gasteiger partial charge on any atom is -0.349 e. The summed E-state index contributed by atoms with van der Waals surface area (Å²) >= 11 is 0. The first-order valence-corrected chi connectivity index (χ1v) is 3.60. The third-order valence-electron chi connectivity index (χ3n) is 1.41. The first-order valence-electron chi connectivity index (χ1n) is 3.60. The van der Waals surface area contributed by atoms with Crippen LogP contribution in [0, 0.1) is 10.1 Å². The van der Waals surface area contributed by atoms with Gasteiger partial charge in [0.15, 0.2) is 5.03 Å². The predicted molar refractivity (Wildman–Crippen MR) is 44.0 cm³/mol. The molecule has 0 aromatic heterocycles. The number of guanidine groups is 1. The first kappa shape index (κ1) is 8.51. The van der Waals surface area contributed by atoms with Crippen molar-refractivity contribution < 1.29 is 5.03 Å². The normalized spacial score (nSPS) is 20.4. The summed E-state index contributed by atoms with van der Waals surface area (Å²) in [7, 11) is 0. The molecule has 0 aromatic rings. The molecule has 1 aliphatic rings. The zero-order valence-electron chi connectivity index (χ0n) is 6.73. The van der Waals surface area contributed by atoms with Crippen LogP contribution in [0.15, 0.2) is 17.4 Å². The van der Waals surface area contributed by atoms with Crippen LogP contribution in [0.5, 0.6) is 0 Å². The van der Waals surface area contributed by atoms with E-state index in [1.54, 1.807) is 11.1 Å². The van der Waals surface area contributed by atoms with Crippen molar-refractivity contribution in [3.8, 4) is 0 Å². The Labute approximate surface area is 69.7 Å². The van der Waals surface area contributed by atoms with Gasteiger partial charge >= 0.3 is 0 Å². The number of hydrogen-bond acceptors (Lipinski definition) is 2. The van der Waals surface area contributed by atoms with Gasteiger partial charge < -0.3 is 10.2 Å². The number of allylic oxidation sites excluding steroid dienone is 1. The molecule has 66 valence electrons. The number of rotatable bonds is 2. The highest BCUT2D eigenvalue weighted by molar-refractivity contribution is 5.82. The Bertz CT molecular complexity index is 236. The SMILES string of the molecule is CC=CN1CCNC1=N[N+](=O)[O-]. The van der Waals surface area contributed by atoms with Gasteiger partial charge in [0.25, 0.3) is 5.96 Å². The van der Waals surface area contributed by atoms with Crippen LogP contribution in [-0.4, -0.2) is 29.0 Å². The Morgan fingerprint density at radius 1 is 1.83 bits per heavy atom. The molecule has 0 bridgehead atoms. The summed E-state index contributed by atoms with van der Waals surface area (Å²) in [5.41, 5.74) is 0. The maximum atomic E-state index is 10.0. The van der Waals surface area contributed by atoms with Crippen molar-refractivity contribution in [1.29, 1.82) is 0 Å². The molecule has 0 unspecified atom stereocenters. The molecule has 6 heteroatoms. The van der Waals surface area contributed by atoms with Gasteiger partial charge in [-0.3, -0.25) is 0 Å². The summed E-state index contributed by atoms with van der Waals surface area (Å²) < 4.78 is 0. The molecular weight excluding hydrogens is 160 g/mol. The van der Waals surface area contributed by atoms with Crippen LogP contribution in [0.2, 0.25) is 0 Å². The standard InChI is InChI=1S/C6H10N4O2/c1-2-4-9-5-3-7-6(9)8-10(11)12/h2,4H,3,5H2,1H3,(H,7,8). The molecule has 1 N–H and O–H groups in total. The van der Waals surface area contributed by atoms with Crippen LogP contribution in [0.3, 0.4) is 0 Å². The smallest absolute Gasteiger partial charge is 0.275 e. The third kappa shape index (κ3) is 1.94. The molecule has 1 heterocycles. The largest absolute Gasteiger partial charge is 0.349 e. The van der Waals surface area contributed by atoms with Crippen molar-refractivity contribution in [3.05, 3.63) is 22.4 Å². The highest BCUT2D eigenvalue weighted by Crippen LogP contribution is 1.97. The highest BCUT2D eigenvalue weighted by Gasteiger charge is 2.18. The van der Waals surface area contributed by atoms with Crippen molar-refractivity contribution in [1.82, 2.24) is 10.2 Å². The van der Waals surface area contributed by atoms with Gasteiger partial charge in [0.2, 0.25) is 0 Å². The minimum atomic E-state index is -0.704.